The van der Waals surface area contributed by atoms with Gasteiger partial charge < -0.3 is 10.2 Å². The SMILES string of the molecule is CC(C)C(C)Nc1ccc(C(=O)N(C)C)cc1. The highest BCUT2D eigenvalue weighted by molar-refractivity contribution is 5.94. The molecule has 0 heterocycles. The summed E-state index contributed by atoms with van der Waals surface area (Å²) in [4.78, 5) is 13.3. The Morgan fingerprint density at radius 2 is 1.65 bits per heavy atom. The van der Waals surface area contributed by atoms with Gasteiger partial charge in [0, 0.05) is 31.4 Å². The maximum absolute atomic E-state index is 11.7. The van der Waals surface area contributed by atoms with E-state index < -0.39 is 0 Å². The van der Waals surface area contributed by atoms with E-state index in [2.05, 4.69) is 26.1 Å². The number of benzene rings is 1. The normalized spacial score (nSPS) is 12.4. The zero-order valence-electron chi connectivity index (χ0n) is 11.3. The maximum Gasteiger partial charge on any atom is 0.253 e. The molecule has 1 unspecified atom stereocenters. The van der Waals surface area contributed by atoms with E-state index in [9.17, 15) is 4.79 Å². The maximum atomic E-state index is 11.7. The predicted octanol–water partition coefficient (Wildman–Crippen LogP) is 2.84. The van der Waals surface area contributed by atoms with E-state index in [4.69, 9.17) is 0 Å². The van der Waals surface area contributed by atoms with Crippen molar-refractivity contribution in [3.05, 3.63) is 29.8 Å². The van der Waals surface area contributed by atoms with Gasteiger partial charge in [-0.25, -0.2) is 0 Å². The van der Waals surface area contributed by atoms with Gasteiger partial charge in [0.25, 0.3) is 5.91 Å². The van der Waals surface area contributed by atoms with Crippen LogP contribution in [-0.2, 0) is 0 Å². The Hall–Kier alpha value is -1.51. The average Bonchev–Trinajstić information content (AvgIpc) is 2.28. The fourth-order valence-electron chi connectivity index (χ4n) is 1.40. The summed E-state index contributed by atoms with van der Waals surface area (Å²) in [5.41, 5.74) is 1.78. The topological polar surface area (TPSA) is 32.3 Å². The predicted molar refractivity (Wildman–Crippen MR) is 72.4 cm³/mol. The summed E-state index contributed by atoms with van der Waals surface area (Å²) in [5, 5.41) is 3.41. The molecule has 0 saturated carbocycles. The van der Waals surface area contributed by atoms with Gasteiger partial charge in [-0.05, 0) is 37.1 Å². The van der Waals surface area contributed by atoms with Crippen molar-refractivity contribution in [2.45, 2.75) is 26.8 Å². The Kier molecular flexibility index (Phi) is 4.55. The molecule has 17 heavy (non-hydrogen) atoms. The smallest absolute Gasteiger partial charge is 0.253 e. The summed E-state index contributed by atoms with van der Waals surface area (Å²) < 4.78 is 0. The van der Waals surface area contributed by atoms with Crippen LogP contribution < -0.4 is 5.32 Å². The lowest BCUT2D eigenvalue weighted by molar-refractivity contribution is 0.0827. The van der Waals surface area contributed by atoms with Crippen LogP contribution in [0.5, 0.6) is 0 Å². The fraction of sp³-hybridized carbons (Fsp3) is 0.500. The lowest BCUT2D eigenvalue weighted by Crippen LogP contribution is -2.22. The van der Waals surface area contributed by atoms with Crippen molar-refractivity contribution in [3.8, 4) is 0 Å². The molecule has 1 N–H and O–H groups in total. The third-order valence-electron chi connectivity index (χ3n) is 2.93. The second kappa shape index (κ2) is 5.71. The first-order valence-electron chi connectivity index (χ1n) is 6.00. The number of hydrogen-bond donors (Lipinski definition) is 1. The standard InChI is InChI=1S/C14H22N2O/c1-10(2)11(3)15-13-8-6-12(7-9-13)14(17)16(4)5/h6-11,15H,1-5H3. The Morgan fingerprint density at radius 3 is 2.06 bits per heavy atom. The number of amides is 1. The van der Waals surface area contributed by atoms with Gasteiger partial charge in [0.1, 0.15) is 0 Å². The summed E-state index contributed by atoms with van der Waals surface area (Å²) in [6.45, 7) is 6.52. The number of carbonyl (C=O) groups excluding carboxylic acids is 1. The number of rotatable bonds is 4. The van der Waals surface area contributed by atoms with E-state index >= 15 is 0 Å². The van der Waals surface area contributed by atoms with Gasteiger partial charge in [-0.3, -0.25) is 4.79 Å². The molecule has 0 aliphatic carbocycles. The molecular weight excluding hydrogens is 212 g/mol. The lowest BCUT2D eigenvalue weighted by Gasteiger charge is -2.19. The van der Waals surface area contributed by atoms with E-state index in [0.29, 0.717) is 12.0 Å². The van der Waals surface area contributed by atoms with Crippen LogP contribution in [0.25, 0.3) is 0 Å². The molecule has 1 aromatic carbocycles. The summed E-state index contributed by atoms with van der Waals surface area (Å²) in [7, 11) is 3.52. The number of nitrogens with zero attached hydrogens (tertiary/aromatic N) is 1. The molecule has 1 rings (SSSR count). The van der Waals surface area contributed by atoms with Gasteiger partial charge >= 0.3 is 0 Å². The summed E-state index contributed by atoms with van der Waals surface area (Å²) in [5.74, 6) is 0.617. The van der Waals surface area contributed by atoms with Gasteiger partial charge in [-0.1, -0.05) is 13.8 Å². The molecule has 0 fully saturated rings. The lowest BCUT2D eigenvalue weighted by atomic mass is 10.1. The minimum Gasteiger partial charge on any atom is -0.382 e. The van der Waals surface area contributed by atoms with Crippen molar-refractivity contribution in [1.82, 2.24) is 4.90 Å². The quantitative estimate of drug-likeness (QED) is 0.868. The molecule has 3 heteroatoms. The van der Waals surface area contributed by atoms with Crippen molar-refractivity contribution in [1.29, 1.82) is 0 Å². The molecule has 0 radical (unpaired) electrons. The molecule has 0 aromatic heterocycles. The Bertz CT molecular complexity index is 368. The minimum absolute atomic E-state index is 0.0356. The highest BCUT2D eigenvalue weighted by Gasteiger charge is 2.09. The van der Waals surface area contributed by atoms with Crippen LogP contribution in [0.2, 0.25) is 0 Å². The third-order valence-corrected chi connectivity index (χ3v) is 2.93. The monoisotopic (exact) mass is 234 g/mol. The third kappa shape index (κ3) is 3.77. The number of anilines is 1. The molecule has 0 saturated heterocycles. The highest BCUT2D eigenvalue weighted by Crippen LogP contribution is 2.14. The zero-order chi connectivity index (χ0) is 13.0. The van der Waals surface area contributed by atoms with Crippen molar-refractivity contribution in [2.75, 3.05) is 19.4 Å². The first kappa shape index (κ1) is 13.6. The number of carbonyl (C=O) groups is 1. The van der Waals surface area contributed by atoms with E-state index in [1.54, 1.807) is 19.0 Å². The molecule has 1 atom stereocenters. The van der Waals surface area contributed by atoms with Crippen LogP contribution >= 0.6 is 0 Å². The average molecular weight is 234 g/mol. The first-order chi connectivity index (χ1) is 7.91. The Labute approximate surface area is 104 Å². The second-order valence-corrected chi connectivity index (χ2v) is 4.95. The second-order valence-electron chi connectivity index (χ2n) is 4.95. The fourth-order valence-corrected chi connectivity index (χ4v) is 1.40. The van der Waals surface area contributed by atoms with Crippen LogP contribution in [0.1, 0.15) is 31.1 Å². The van der Waals surface area contributed by atoms with Crippen LogP contribution in [0.4, 0.5) is 5.69 Å². The number of hydrogen-bond acceptors (Lipinski definition) is 2. The van der Waals surface area contributed by atoms with Crippen molar-refractivity contribution in [3.63, 3.8) is 0 Å². The van der Waals surface area contributed by atoms with Crippen LogP contribution in [0, 0.1) is 5.92 Å². The van der Waals surface area contributed by atoms with E-state index in [0.717, 1.165) is 11.3 Å². The largest absolute Gasteiger partial charge is 0.382 e. The van der Waals surface area contributed by atoms with Gasteiger partial charge in [-0.2, -0.15) is 0 Å². The van der Waals surface area contributed by atoms with Gasteiger partial charge in [0.2, 0.25) is 0 Å². The molecule has 0 spiro atoms. The molecule has 94 valence electrons. The van der Waals surface area contributed by atoms with E-state index in [-0.39, 0.29) is 5.91 Å². The summed E-state index contributed by atoms with van der Waals surface area (Å²) in [6.07, 6.45) is 0. The molecule has 0 aliphatic heterocycles. The van der Waals surface area contributed by atoms with Crippen molar-refractivity contribution >= 4 is 11.6 Å². The summed E-state index contributed by atoms with van der Waals surface area (Å²) in [6, 6.07) is 8.05. The van der Waals surface area contributed by atoms with Gasteiger partial charge in [0.05, 0.1) is 0 Å². The molecule has 0 bridgehead atoms. The first-order valence-corrected chi connectivity index (χ1v) is 6.00. The number of nitrogens with one attached hydrogen (secondary N) is 1. The van der Waals surface area contributed by atoms with E-state index in [1.165, 1.54) is 0 Å². The van der Waals surface area contributed by atoms with E-state index in [1.807, 2.05) is 24.3 Å². The minimum atomic E-state index is 0.0356. The van der Waals surface area contributed by atoms with Crippen molar-refractivity contribution < 1.29 is 4.79 Å². The Balaban J connectivity index is 2.72. The Morgan fingerprint density at radius 1 is 1.12 bits per heavy atom. The highest BCUT2D eigenvalue weighted by atomic mass is 16.2. The van der Waals surface area contributed by atoms with Gasteiger partial charge in [-0.15, -0.1) is 0 Å². The summed E-state index contributed by atoms with van der Waals surface area (Å²) >= 11 is 0. The van der Waals surface area contributed by atoms with Crippen LogP contribution in [0.3, 0.4) is 0 Å². The van der Waals surface area contributed by atoms with Crippen LogP contribution in [0.15, 0.2) is 24.3 Å². The zero-order valence-corrected chi connectivity index (χ0v) is 11.3. The molecular formula is C14H22N2O. The van der Waals surface area contributed by atoms with Gasteiger partial charge in [0.15, 0.2) is 0 Å². The molecule has 1 aromatic rings. The molecule has 0 aliphatic rings. The molecule has 1 amide bonds. The van der Waals surface area contributed by atoms with Crippen molar-refractivity contribution in [2.24, 2.45) is 5.92 Å². The molecule has 3 nitrogen and oxygen atoms in total. The van der Waals surface area contributed by atoms with Crippen LogP contribution in [-0.4, -0.2) is 30.9 Å².